The van der Waals surface area contributed by atoms with Crippen molar-refractivity contribution in [2.75, 3.05) is 5.32 Å². The second-order valence-electron chi connectivity index (χ2n) is 7.52. The Hall–Kier alpha value is -3.94. The van der Waals surface area contributed by atoms with Gasteiger partial charge >= 0.3 is 0 Å². The van der Waals surface area contributed by atoms with Crippen LogP contribution in [0.1, 0.15) is 29.4 Å². The van der Waals surface area contributed by atoms with Gasteiger partial charge in [0.05, 0.1) is 12.6 Å². The number of halogens is 1. The molecular formula is C24H23FN6O. The molecule has 0 radical (unpaired) electrons. The van der Waals surface area contributed by atoms with Crippen LogP contribution in [0.3, 0.4) is 0 Å². The van der Waals surface area contributed by atoms with Crippen LogP contribution in [0.25, 0.3) is 11.1 Å². The maximum absolute atomic E-state index is 14.6. The second kappa shape index (κ2) is 9.47. The molecule has 0 aliphatic rings. The van der Waals surface area contributed by atoms with Crippen LogP contribution in [0.2, 0.25) is 0 Å². The number of nitrogens with zero attached hydrogens (tertiary/aromatic N) is 5. The average molecular weight is 430 g/mol. The number of amides is 1. The number of nitrogens with one attached hydrogen (secondary N) is 1. The van der Waals surface area contributed by atoms with Gasteiger partial charge in [0.25, 0.3) is 0 Å². The summed E-state index contributed by atoms with van der Waals surface area (Å²) in [6.45, 7) is 4.75. The molecular weight excluding hydrogens is 407 g/mol. The maximum Gasteiger partial charge on any atom is 0.230 e. The van der Waals surface area contributed by atoms with E-state index in [1.54, 1.807) is 43.0 Å². The number of rotatable bonds is 7. The van der Waals surface area contributed by atoms with Crippen LogP contribution < -0.4 is 5.32 Å². The summed E-state index contributed by atoms with van der Waals surface area (Å²) in [4.78, 5) is 25.2. The molecule has 1 amide bonds. The fourth-order valence-corrected chi connectivity index (χ4v) is 3.22. The van der Waals surface area contributed by atoms with E-state index in [0.717, 1.165) is 17.7 Å². The normalized spacial score (nSPS) is 10.8. The Labute approximate surface area is 185 Å². The highest BCUT2D eigenvalue weighted by Crippen LogP contribution is 2.22. The Morgan fingerprint density at radius 2 is 1.84 bits per heavy atom. The van der Waals surface area contributed by atoms with Gasteiger partial charge in [-0.05, 0) is 48.2 Å². The Kier molecular flexibility index (Phi) is 6.30. The molecule has 0 fully saturated rings. The highest BCUT2D eigenvalue weighted by Gasteiger charge is 2.11. The molecule has 1 N–H and O–H groups in total. The van der Waals surface area contributed by atoms with Gasteiger partial charge in [0, 0.05) is 43.3 Å². The highest BCUT2D eigenvalue weighted by molar-refractivity contribution is 5.91. The van der Waals surface area contributed by atoms with Gasteiger partial charge in [0.2, 0.25) is 5.91 Å². The van der Waals surface area contributed by atoms with Crippen LogP contribution in [0.5, 0.6) is 0 Å². The van der Waals surface area contributed by atoms with E-state index < -0.39 is 5.82 Å². The minimum atomic E-state index is -0.453. The fraction of sp³-hybridized carbons (Fsp3) is 0.208. The molecule has 7 nitrogen and oxygen atoms in total. The molecule has 0 saturated carbocycles. The Morgan fingerprint density at radius 1 is 1.03 bits per heavy atom. The number of carbonyl (C=O) groups excluding carboxylic acids is 1. The number of benzene rings is 1. The smallest absolute Gasteiger partial charge is 0.230 e. The van der Waals surface area contributed by atoms with Gasteiger partial charge in [-0.15, -0.1) is 0 Å². The molecule has 0 saturated heterocycles. The summed E-state index contributed by atoms with van der Waals surface area (Å²) in [6, 6.07) is 8.34. The van der Waals surface area contributed by atoms with E-state index in [2.05, 4.69) is 25.4 Å². The van der Waals surface area contributed by atoms with Gasteiger partial charge in [-0.1, -0.05) is 18.2 Å². The zero-order valence-electron chi connectivity index (χ0n) is 17.9. The Morgan fingerprint density at radius 3 is 2.50 bits per heavy atom. The molecule has 3 heterocycles. The minimum Gasteiger partial charge on any atom is -0.310 e. The first-order valence-electron chi connectivity index (χ1n) is 10.3. The van der Waals surface area contributed by atoms with Crippen LogP contribution in [-0.2, 0) is 24.2 Å². The highest BCUT2D eigenvalue weighted by atomic mass is 19.1. The lowest BCUT2D eigenvalue weighted by Gasteiger charge is -2.08. The summed E-state index contributed by atoms with van der Waals surface area (Å²) in [5, 5.41) is 6.93. The molecule has 32 heavy (non-hydrogen) atoms. The van der Waals surface area contributed by atoms with Crippen LogP contribution in [0, 0.1) is 12.7 Å². The second-order valence-corrected chi connectivity index (χ2v) is 7.52. The molecule has 0 spiro atoms. The molecule has 0 unspecified atom stereocenters. The number of hydrogen-bond acceptors (Lipinski definition) is 5. The van der Waals surface area contributed by atoms with E-state index in [9.17, 15) is 9.18 Å². The molecule has 0 bridgehead atoms. The average Bonchev–Trinajstić information content (AvgIpc) is 3.25. The van der Waals surface area contributed by atoms with Crippen molar-refractivity contribution in [3.8, 4) is 11.1 Å². The van der Waals surface area contributed by atoms with Crippen molar-refractivity contribution in [1.82, 2.24) is 24.7 Å². The van der Waals surface area contributed by atoms with Crippen LogP contribution in [0.15, 0.2) is 61.3 Å². The lowest BCUT2D eigenvalue weighted by Crippen LogP contribution is -2.16. The number of anilines is 1. The van der Waals surface area contributed by atoms with E-state index in [1.807, 2.05) is 30.8 Å². The lowest BCUT2D eigenvalue weighted by atomic mass is 10.0. The molecule has 0 aliphatic heterocycles. The SMILES string of the molecule is CCn1cc(Cc2ncc(-c3ccc(CC(=O)Nc4ccc(C)cn4)c(F)c3)cn2)cn1. The summed E-state index contributed by atoms with van der Waals surface area (Å²) >= 11 is 0. The number of hydrogen-bond donors (Lipinski definition) is 1. The third-order valence-corrected chi connectivity index (χ3v) is 4.99. The summed E-state index contributed by atoms with van der Waals surface area (Å²) in [5.41, 5.74) is 3.70. The Balaban J connectivity index is 1.40. The van der Waals surface area contributed by atoms with Crippen molar-refractivity contribution < 1.29 is 9.18 Å². The molecule has 4 rings (SSSR count). The molecule has 162 valence electrons. The van der Waals surface area contributed by atoms with E-state index >= 15 is 0 Å². The van der Waals surface area contributed by atoms with E-state index in [4.69, 9.17) is 0 Å². The predicted octanol–water partition coefficient (Wildman–Crippen LogP) is 3.97. The lowest BCUT2D eigenvalue weighted by molar-refractivity contribution is -0.115. The number of aromatic nitrogens is 5. The summed E-state index contributed by atoms with van der Waals surface area (Å²) in [7, 11) is 0. The van der Waals surface area contributed by atoms with E-state index in [0.29, 0.717) is 34.8 Å². The summed E-state index contributed by atoms with van der Waals surface area (Å²) in [5.74, 6) is 0.331. The van der Waals surface area contributed by atoms with Crippen molar-refractivity contribution in [2.45, 2.75) is 33.2 Å². The molecule has 3 aromatic heterocycles. The van der Waals surface area contributed by atoms with Gasteiger partial charge in [0.15, 0.2) is 0 Å². The van der Waals surface area contributed by atoms with Gasteiger partial charge in [-0.2, -0.15) is 5.10 Å². The number of aryl methyl sites for hydroxylation is 2. The van der Waals surface area contributed by atoms with Crippen molar-refractivity contribution in [3.05, 3.63) is 89.6 Å². The third-order valence-electron chi connectivity index (χ3n) is 4.99. The molecule has 8 heteroatoms. The van der Waals surface area contributed by atoms with Gasteiger partial charge in [0.1, 0.15) is 17.5 Å². The summed E-state index contributed by atoms with van der Waals surface area (Å²) < 4.78 is 16.5. The first-order chi connectivity index (χ1) is 15.5. The zero-order chi connectivity index (χ0) is 22.5. The van der Waals surface area contributed by atoms with Gasteiger partial charge < -0.3 is 5.32 Å². The molecule has 4 aromatic rings. The maximum atomic E-state index is 14.6. The van der Waals surface area contributed by atoms with Crippen molar-refractivity contribution in [3.63, 3.8) is 0 Å². The zero-order valence-corrected chi connectivity index (χ0v) is 17.9. The topological polar surface area (TPSA) is 85.6 Å². The van der Waals surface area contributed by atoms with Gasteiger partial charge in [-0.25, -0.2) is 19.3 Å². The van der Waals surface area contributed by atoms with Crippen molar-refractivity contribution in [2.24, 2.45) is 0 Å². The number of carbonyl (C=O) groups is 1. The fourth-order valence-electron chi connectivity index (χ4n) is 3.22. The molecule has 0 aliphatic carbocycles. The van der Waals surface area contributed by atoms with E-state index in [-0.39, 0.29) is 12.3 Å². The van der Waals surface area contributed by atoms with Crippen LogP contribution in [0.4, 0.5) is 10.2 Å². The van der Waals surface area contributed by atoms with Crippen LogP contribution in [-0.4, -0.2) is 30.6 Å². The quantitative estimate of drug-likeness (QED) is 0.479. The summed E-state index contributed by atoms with van der Waals surface area (Å²) in [6.07, 6.45) is 9.29. The molecule has 1 aromatic carbocycles. The Bertz CT molecular complexity index is 1220. The first kappa shape index (κ1) is 21.3. The van der Waals surface area contributed by atoms with Gasteiger partial charge in [-0.3, -0.25) is 9.48 Å². The largest absolute Gasteiger partial charge is 0.310 e. The molecule has 0 atom stereocenters. The standard InChI is InChI=1S/C24H23FN6O/c1-3-31-15-17(12-29-31)8-23-27-13-20(14-28-23)18-5-6-19(21(25)9-18)10-24(32)30-22-7-4-16(2)11-26-22/h4-7,9,11-15H,3,8,10H2,1-2H3,(H,26,30,32). The monoisotopic (exact) mass is 430 g/mol. The number of pyridine rings is 1. The predicted molar refractivity (Wildman–Crippen MR) is 119 cm³/mol. The van der Waals surface area contributed by atoms with E-state index in [1.165, 1.54) is 6.07 Å². The minimum absolute atomic E-state index is 0.0808. The van der Waals surface area contributed by atoms with Crippen LogP contribution >= 0.6 is 0 Å². The van der Waals surface area contributed by atoms with Crippen molar-refractivity contribution >= 4 is 11.7 Å². The first-order valence-corrected chi connectivity index (χ1v) is 10.3. The third kappa shape index (κ3) is 5.21. The van der Waals surface area contributed by atoms with Crippen molar-refractivity contribution in [1.29, 1.82) is 0 Å².